The maximum absolute atomic E-state index is 14.1. The predicted octanol–water partition coefficient (Wildman–Crippen LogP) is 1.81. The molecule has 2 rings (SSSR count). The Kier molecular flexibility index (Phi) is 23.6. The summed E-state index contributed by atoms with van der Waals surface area (Å²) in [4.78, 5) is 107. The van der Waals surface area contributed by atoms with Crippen molar-refractivity contribution in [3.8, 4) is 5.75 Å². The number of esters is 1. The van der Waals surface area contributed by atoms with Crippen LogP contribution < -0.4 is 37.6 Å². The Morgan fingerprint density at radius 3 is 1.81 bits per heavy atom. The molecule has 18 nitrogen and oxygen atoms in total. The van der Waals surface area contributed by atoms with Crippen LogP contribution >= 0.6 is 0 Å². The molecule has 348 valence electrons. The number of carbonyl (C=O) groups excluding carboxylic acids is 8. The van der Waals surface area contributed by atoms with Crippen LogP contribution in [0.15, 0.2) is 24.3 Å². The Hall–Kier alpha value is -5.26. The zero-order chi connectivity index (χ0) is 46.4. The molecule has 0 radical (unpaired) electrons. The number of hydrogen-bond acceptors (Lipinski definition) is 11. The van der Waals surface area contributed by atoms with E-state index < -0.39 is 95.8 Å². The number of phenols is 1. The van der Waals surface area contributed by atoms with Crippen molar-refractivity contribution in [1.29, 1.82) is 0 Å². The number of aliphatic hydroxyl groups excluding tert-OH is 1. The second-order valence-electron chi connectivity index (χ2n) is 16.5. The third-order valence-electron chi connectivity index (χ3n) is 10.9. The van der Waals surface area contributed by atoms with Gasteiger partial charge in [0, 0.05) is 12.8 Å². The predicted molar refractivity (Wildman–Crippen MR) is 231 cm³/mol. The SMILES string of the molecule is CCCCCCCCCC[C@@H](C)[C@@H]1CC(=O)NC([C@@H](C)O)C(=O)N[C@@H](C)C(=O)N[C@H](C)C(=O)N[C@@H](CCC(N)=O)C(=O)NC(Cc2ccc(O)cc2)C(=O)NC(CCC)C(=O)O1. The summed E-state index contributed by atoms with van der Waals surface area (Å²) < 4.78 is 6.03. The van der Waals surface area contributed by atoms with E-state index in [9.17, 15) is 48.6 Å². The number of unbranched alkanes of at least 4 members (excludes halogenated alkanes) is 7. The van der Waals surface area contributed by atoms with E-state index in [1.165, 1.54) is 45.7 Å². The summed E-state index contributed by atoms with van der Waals surface area (Å²) in [5, 5.41) is 35.6. The van der Waals surface area contributed by atoms with E-state index in [1.807, 2.05) is 6.92 Å². The molecule has 0 aromatic heterocycles. The first kappa shape index (κ1) is 52.9. The highest BCUT2D eigenvalue weighted by atomic mass is 16.5. The van der Waals surface area contributed by atoms with Crippen molar-refractivity contribution < 1.29 is 53.3 Å². The van der Waals surface area contributed by atoms with E-state index in [1.54, 1.807) is 19.1 Å². The maximum atomic E-state index is 14.1. The van der Waals surface area contributed by atoms with Crippen LogP contribution in [0.1, 0.15) is 137 Å². The van der Waals surface area contributed by atoms with Gasteiger partial charge in [-0.15, -0.1) is 0 Å². The Morgan fingerprint density at radius 2 is 1.23 bits per heavy atom. The Balaban J connectivity index is 2.57. The van der Waals surface area contributed by atoms with E-state index in [4.69, 9.17) is 10.5 Å². The molecular formula is C44H71N7O11. The molecule has 62 heavy (non-hydrogen) atoms. The summed E-state index contributed by atoms with van der Waals surface area (Å²) in [5.41, 5.74) is 5.89. The highest BCUT2D eigenvalue weighted by molar-refractivity contribution is 5.97. The minimum Gasteiger partial charge on any atom is -0.508 e. The van der Waals surface area contributed by atoms with Gasteiger partial charge in [-0.3, -0.25) is 33.6 Å². The standard InChI is InChI=1S/C44H71N7O11/c1-7-9-10-11-12-13-14-15-17-26(3)35-25-37(55)51-38(29(6)52)43(60)47-27(4)39(56)46-28(5)40(57)48-32(22-23-36(45)54)41(58)50-34(24-30-18-20-31(53)21-19-30)42(59)49-33(16-8-2)44(61)62-35/h18-21,26-29,32-35,38,52-53H,7-17,22-25H2,1-6H3,(H2,45,54)(H,46,56)(H,47,60)(H,48,57)(H,49,59)(H,50,58)(H,51,55)/t26-,27+,28-,29-,32+,33?,34?,35+,38?/m1/s1. The minimum atomic E-state index is -1.52. The Morgan fingerprint density at radius 1 is 0.694 bits per heavy atom. The largest absolute Gasteiger partial charge is 0.508 e. The van der Waals surface area contributed by atoms with E-state index in [0.717, 1.165) is 38.5 Å². The zero-order valence-corrected chi connectivity index (χ0v) is 37.3. The summed E-state index contributed by atoms with van der Waals surface area (Å²) in [5.74, 6) is -6.92. The lowest BCUT2D eigenvalue weighted by molar-refractivity contribution is -0.157. The van der Waals surface area contributed by atoms with Gasteiger partial charge in [-0.05, 0) is 63.6 Å². The number of primary amides is 1. The van der Waals surface area contributed by atoms with Gasteiger partial charge in [0.2, 0.25) is 41.4 Å². The van der Waals surface area contributed by atoms with E-state index in [-0.39, 0.29) is 43.8 Å². The lowest BCUT2D eigenvalue weighted by atomic mass is 9.94. The molecule has 1 heterocycles. The van der Waals surface area contributed by atoms with Crippen LogP contribution in [0, 0.1) is 5.92 Å². The first-order chi connectivity index (χ1) is 29.4. The highest BCUT2D eigenvalue weighted by Crippen LogP contribution is 2.22. The second kappa shape index (κ2) is 27.6. The molecule has 18 heteroatoms. The molecule has 1 aromatic rings. The summed E-state index contributed by atoms with van der Waals surface area (Å²) >= 11 is 0. The molecule has 0 aliphatic carbocycles. The molecule has 1 saturated heterocycles. The fourth-order valence-corrected chi connectivity index (χ4v) is 6.98. The van der Waals surface area contributed by atoms with Crippen molar-refractivity contribution >= 4 is 47.3 Å². The number of ether oxygens (including phenoxy) is 1. The van der Waals surface area contributed by atoms with Crippen LogP contribution in [-0.4, -0.2) is 106 Å². The number of hydrogen-bond donors (Lipinski definition) is 9. The van der Waals surface area contributed by atoms with Crippen molar-refractivity contribution in [1.82, 2.24) is 31.9 Å². The molecule has 9 atom stereocenters. The summed E-state index contributed by atoms with van der Waals surface area (Å²) in [6.07, 6.45) is 6.18. The van der Waals surface area contributed by atoms with Crippen LogP contribution in [-0.2, 0) is 49.5 Å². The molecule has 10 N–H and O–H groups in total. The van der Waals surface area contributed by atoms with E-state index in [2.05, 4.69) is 38.8 Å². The normalized spacial score (nSPS) is 25.0. The number of carbonyl (C=O) groups is 8. The number of rotatable bonds is 18. The summed E-state index contributed by atoms with van der Waals surface area (Å²) in [6.45, 7) is 9.74. The number of benzene rings is 1. The maximum Gasteiger partial charge on any atom is 0.328 e. The molecule has 1 aliphatic rings. The molecule has 1 fully saturated rings. The van der Waals surface area contributed by atoms with E-state index in [0.29, 0.717) is 18.4 Å². The Bertz CT molecular complexity index is 1640. The molecule has 0 bridgehead atoms. The highest BCUT2D eigenvalue weighted by Gasteiger charge is 2.35. The fourth-order valence-electron chi connectivity index (χ4n) is 6.98. The van der Waals surface area contributed by atoms with Gasteiger partial charge in [0.05, 0.1) is 12.5 Å². The fraction of sp³-hybridized carbons (Fsp3) is 0.682. The lowest BCUT2D eigenvalue weighted by Gasteiger charge is -2.29. The number of amides is 7. The first-order valence-corrected chi connectivity index (χ1v) is 22.1. The van der Waals surface area contributed by atoms with Crippen LogP contribution in [0.4, 0.5) is 0 Å². The van der Waals surface area contributed by atoms with Gasteiger partial charge in [0.1, 0.15) is 48.1 Å². The molecular weight excluding hydrogens is 803 g/mol. The monoisotopic (exact) mass is 874 g/mol. The van der Waals surface area contributed by atoms with Gasteiger partial charge in [-0.25, -0.2) is 4.79 Å². The molecule has 0 spiro atoms. The molecule has 7 amide bonds. The Labute approximate surface area is 365 Å². The van der Waals surface area contributed by atoms with Crippen LogP contribution in [0.25, 0.3) is 0 Å². The molecule has 1 aliphatic heterocycles. The minimum absolute atomic E-state index is 0.0380. The molecule has 0 saturated carbocycles. The second-order valence-corrected chi connectivity index (χ2v) is 16.5. The third kappa shape index (κ3) is 19.2. The van der Waals surface area contributed by atoms with Crippen molar-refractivity contribution in [2.45, 2.75) is 186 Å². The first-order valence-electron chi connectivity index (χ1n) is 22.1. The quantitative estimate of drug-likeness (QED) is 0.0758. The van der Waals surface area contributed by atoms with Gasteiger partial charge in [0.15, 0.2) is 0 Å². The van der Waals surface area contributed by atoms with Crippen LogP contribution in [0.2, 0.25) is 0 Å². The average Bonchev–Trinajstić information content (AvgIpc) is 3.21. The average molecular weight is 874 g/mol. The van der Waals surface area contributed by atoms with Gasteiger partial charge < -0.3 is 52.6 Å². The number of nitrogens with two attached hydrogens (primary N) is 1. The zero-order valence-electron chi connectivity index (χ0n) is 37.3. The van der Waals surface area contributed by atoms with E-state index >= 15 is 0 Å². The molecule has 3 unspecified atom stereocenters. The van der Waals surface area contributed by atoms with Gasteiger partial charge in [0.25, 0.3) is 0 Å². The van der Waals surface area contributed by atoms with Crippen LogP contribution in [0.3, 0.4) is 0 Å². The molecule has 1 aromatic carbocycles. The van der Waals surface area contributed by atoms with Gasteiger partial charge in [-0.1, -0.05) is 90.7 Å². The van der Waals surface area contributed by atoms with Gasteiger partial charge >= 0.3 is 5.97 Å². The topological polar surface area (TPSA) is 284 Å². The number of nitrogens with one attached hydrogen (secondary N) is 6. The lowest BCUT2D eigenvalue weighted by Crippen LogP contribution is -2.60. The van der Waals surface area contributed by atoms with Crippen LogP contribution in [0.5, 0.6) is 5.75 Å². The van der Waals surface area contributed by atoms with Crippen molar-refractivity contribution in [3.63, 3.8) is 0 Å². The number of aliphatic hydroxyl groups is 1. The van der Waals surface area contributed by atoms with Gasteiger partial charge in [-0.2, -0.15) is 0 Å². The van der Waals surface area contributed by atoms with Crippen molar-refractivity contribution in [3.05, 3.63) is 29.8 Å². The smallest absolute Gasteiger partial charge is 0.328 e. The number of phenolic OH excluding ortho intramolecular Hbond substituents is 1. The summed E-state index contributed by atoms with van der Waals surface area (Å²) in [6, 6.07) is -2.18. The third-order valence-corrected chi connectivity index (χ3v) is 10.9. The van der Waals surface area contributed by atoms with Crippen molar-refractivity contribution in [2.75, 3.05) is 0 Å². The van der Waals surface area contributed by atoms with Crippen molar-refractivity contribution in [2.24, 2.45) is 11.7 Å². The summed E-state index contributed by atoms with van der Waals surface area (Å²) in [7, 11) is 0. The number of aromatic hydroxyl groups is 1. The number of cyclic esters (lactones) is 1.